The van der Waals surface area contributed by atoms with Crippen LogP contribution in [0.5, 0.6) is 0 Å². The zero-order valence-corrected chi connectivity index (χ0v) is 11.8. The standard InChI is InChI=1S/C15H21N2O2/c1-14(2)13(16(18)15(3,4)17(14)19)11-10-12-8-6-5-7-9-12/h5-11,18-19H,1-4H3/q+1. The van der Waals surface area contributed by atoms with Gasteiger partial charge in [-0.1, -0.05) is 30.3 Å². The SMILES string of the molecule is CC1(C)C(C=Cc2ccccc2)=[N+](O)C(C)(C)N1O. The molecule has 0 aromatic heterocycles. The third kappa shape index (κ3) is 2.17. The summed E-state index contributed by atoms with van der Waals surface area (Å²) < 4.78 is 1.12. The van der Waals surface area contributed by atoms with E-state index in [1.54, 1.807) is 13.8 Å². The van der Waals surface area contributed by atoms with E-state index in [4.69, 9.17) is 0 Å². The molecule has 0 fully saturated rings. The average molecular weight is 261 g/mol. The molecule has 0 unspecified atom stereocenters. The first-order valence-electron chi connectivity index (χ1n) is 6.37. The summed E-state index contributed by atoms with van der Waals surface area (Å²) in [5.41, 5.74) is 0.209. The van der Waals surface area contributed by atoms with Gasteiger partial charge in [-0.25, -0.2) is 0 Å². The fourth-order valence-corrected chi connectivity index (χ4v) is 2.45. The van der Waals surface area contributed by atoms with Crippen molar-refractivity contribution in [2.75, 3.05) is 0 Å². The first-order valence-corrected chi connectivity index (χ1v) is 6.37. The lowest BCUT2D eigenvalue weighted by Gasteiger charge is -2.27. The van der Waals surface area contributed by atoms with Crippen molar-refractivity contribution in [1.29, 1.82) is 0 Å². The van der Waals surface area contributed by atoms with Crippen LogP contribution in [0.3, 0.4) is 0 Å². The molecular weight excluding hydrogens is 240 g/mol. The minimum Gasteiger partial charge on any atom is -0.307 e. The van der Waals surface area contributed by atoms with Gasteiger partial charge in [0.2, 0.25) is 0 Å². The molecule has 0 saturated heterocycles. The van der Waals surface area contributed by atoms with Gasteiger partial charge in [-0.05, 0) is 30.2 Å². The van der Waals surface area contributed by atoms with Crippen molar-refractivity contribution in [3.8, 4) is 0 Å². The Morgan fingerprint density at radius 1 is 1.05 bits per heavy atom. The van der Waals surface area contributed by atoms with E-state index in [-0.39, 0.29) is 0 Å². The Morgan fingerprint density at radius 2 is 1.63 bits per heavy atom. The molecule has 4 heteroatoms. The number of hydrogen-bond acceptors (Lipinski definition) is 3. The van der Waals surface area contributed by atoms with Gasteiger partial charge in [-0.15, -0.1) is 5.06 Å². The fourth-order valence-electron chi connectivity index (χ4n) is 2.45. The predicted molar refractivity (Wildman–Crippen MR) is 74.3 cm³/mol. The monoisotopic (exact) mass is 261 g/mol. The lowest BCUT2D eigenvalue weighted by molar-refractivity contribution is -0.835. The van der Waals surface area contributed by atoms with Crippen LogP contribution in [-0.2, 0) is 0 Å². The van der Waals surface area contributed by atoms with Crippen LogP contribution >= 0.6 is 0 Å². The minimum absolute atomic E-state index is 0.649. The number of hydrogen-bond donors (Lipinski definition) is 2. The Labute approximate surface area is 113 Å². The van der Waals surface area contributed by atoms with Crippen LogP contribution in [0.2, 0.25) is 0 Å². The van der Waals surface area contributed by atoms with E-state index in [2.05, 4.69) is 0 Å². The first kappa shape index (κ1) is 13.8. The van der Waals surface area contributed by atoms with E-state index in [1.165, 1.54) is 5.06 Å². The van der Waals surface area contributed by atoms with Crippen LogP contribution < -0.4 is 0 Å². The third-order valence-corrected chi connectivity index (χ3v) is 3.65. The van der Waals surface area contributed by atoms with Crippen molar-refractivity contribution < 1.29 is 15.2 Å². The Hall–Kier alpha value is -1.65. The quantitative estimate of drug-likeness (QED) is 0.635. The molecule has 1 aliphatic rings. The van der Waals surface area contributed by atoms with Gasteiger partial charge < -0.3 is 5.21 Å². The molecule has 1 heterocycles. The van der Waals surface area contributed by atoms with Crippen LogP contribution in [0.15, 0.2) is 36.4 Å². The number of benzene rings is 1. The van der Waals surface area contributed by atoms with Gasteiger partial charge in [0.15, 0.2) is 0 Å². The van der Waals surface area contributed by atoms with Crippen LogP contribution in [0.25, 0.3) is 6.08 Å². The summed E-state index contributed by atoms with van der Waals surface area (Å²) in [7, 11) is 0. The summed E-state index contributed by atoms with van der Waals surface area (Å²) in [5.74, 6) is 0. The van der Waals surface area contributed by atoms with Gasteiger partial charge >= 0.3 is 0 Å². The highest BCUT2D eigenvalue weighted by atomic mass is 16.6. The molecule has 0 spiro atoms. The van der Waals surface area contributed by atoms with E-state index in [1.807, 2.05) is 56.3 Å². The average Bonchev–Trinajstić information content (AvgIpc) is 2.48. The maximum atomic E-state index is 10.2. The Bertz CT molecular complexity index is 530. The predicted octanol–water partition coefficient (Wildman–Crippen LogP) is 2.76. The number of nitrogens with zero attached hydrogens (tertiary/aromatic N) is 2. The molecule has 1 aliphatic heterocycles. The van der Waals surface area contributed by atoms with Crippen LogP contribution in [0.1, 0.15) is 33.3 Å². The summed E-state index contributed by atoms with van der Waals surface area (Å²) in [4.78, 5) is 0. The summed E-state index contributed by atoms with van der Waals surface area (Å²) in [6.07, 6.45) is 3.77. The number of rotatable bonds is 2. The first-order chi connectivity index (χ1) is 8.78. The van der Waals surface area contributed by atoms with E-state index in [9.17, 15) is 10.4 Å². The third-order valence-electron chi connectivity index (χ3n) is 3.65. The molecule has 2 N–H and O–H groups in total. The topological polar surface area (TPSA) is 46.7 Å². The molecule has 102 valence electrons. The molecule has 4 nitrogen and oxygen atoms in total. The molecule has 0 bridgehead atoms. The maximum Gasteiger partial charge on any atom is 0.283 e. The largest absolute Gasteiger partial charge is 0.307 e. The van der Waals surface area contributed by atoms with Gasteiger partial charge in [-0.2, -0.15) is 0 Å². The van der Waals surface area contributed by atoms with Crippen molar-refractivity contribution in [2.45, 2.75) is 38.9 Å². The van der Waals surface area contributed by atoms with E-state index in [0.29, 0.717) is 5.71 Å². The van der Waals surface area contributed by atoms with Gasteiger partial charge in [0.25, 0.3) is 11.4 Å². The van der Waals surface area contributed by atoms with E-state index >= 15 is 0 Å². The highest BCUT2D eigenvalue weighted by molar-refractivity contribution is 6.01. The van der Waals surface area contributed by atoms with E-state index in [0.717, 1.165) is 10.3 Å². The zero-order chi connectivity index (χ0) is 14.3. The van der Waals surface area contributed by atoms with Crippen LogP contribution in [-0.4, -0.2) is 37.1 Å². The van der Waals surface area contributed by atoms with Crippen molar-refractivity contribution in [1.82, 2.24) is 5.06 Å². The van der Waals surface area contributed by atoms with Gasteiger partial charge in [-0.3, -0.25) is 5.21 Å². The molecule has 0 radical (unpaired) electrons. The molecular formula is C15H21N2O2+. The van der Waals surface area contributed by atoms with Gasteiger partial charge in [0.1, 0.15) is 5.54 Å². The maximum absolute atomic E-state index is 10.2. The van der Waals surface area contributed by atoms with Crippen molar-refractivity contribution in [3.63, 3.8) is 0 Å². The zero-order valence-electron chi connectivity index (χ0n) is 11.8. The molecule has 19 heavy (non-hydrogen) atoms. The lowest BCUT2D eigenvalue weighted by Crippen LogP contribution is -2.51. The van der Waals surface area contributed by atoms with Gasteiger partial charge in [0.05, 0.1) is 0 Å². The van der Waals surface area contributed by atoms with Crippen molar-refractivity contribution >= 4 is 11.8 Å². The van der Waals surface area contributed by atoms with Gasteiger partial charge in [0, 0.05) is 19.9 Å². The summed E-state index contributed by atoms with van der Waals surface area (Å²) >= 11 is 0. The smallest absolute Gasteiger partial charge is 0.283 e. The molecule has 0 saturated carbocycles. The molecule has 0 aliphatic carbocycles. The lowest BCUT2D eigenvalue weighted by atomic mass is 9.97. The second kappa shape index (κ2) is 4.47. The Morgan fingerprint density at radius 3 is 2.11 bits per heavy atom. The minimum atomic E-state index is -0.847. The highest BCUT2D eigenvalue weighted by Gasteiger charge is 2.59. The Kier molecular flexibility index (Phi) is 3.24. The molecule has 0 amide bonds. The highest BCUT2D eigenvalue weighted by Crippen LogP contribution is 2.32. The summed E-state index contributed by atoms with van der Waals surface area (Å²) in [6.45, 7) is 7.27. The summed E-state index contributed by atoms with van der Waals surface area (Å²) in [6, 6.07) is 9.86. The number of hydroxylamine groups is 3. The van der Waals surface area contributed by atoms with Crippen LogP contribution in [0.4, 0.5) is 0 Å². The second-order valence-electron chi connectivity index (χ2n) is 5.81. The fraction of sp³-hybridized carbons (Fsp3) is 0.400. The molecule has 1 aromatic carbocycles. The van der Waals surface area contributed by atoms with Crippen molar-refractivity contribution in [3.05, 3.63) is 42.0 Å². The summed E-state index contributed by atoms with van der Waals surface area (Å²) in [5, 5.41) is 21.6. The molecule has 0 atom stereocenters. The molecule has 2 rings (SSSR count). The molecule has 1 aromatic rings. The second-order valence-corrected chi connectivity index (χ2v) is 5.81. The van der Waals surface area contributed by atoms with Crippen molar-refractivity contribution in [2.24, 2.45) is 0 Å². The van der Waals surface area contributed by atoms with E-state index < -0.39 is 11.2 Å². The normalized spacial score (nSPS) is 22.4. The Balaban J connectivity index is 2.39. The van der Waals surface area contributed by atoms with Crippen LogP contribution in [0, 0.1) is 0 Å².